The molecule has 0 amide bonds. The molecule has 0 N–H and O–H groups in total. The van der Waals surface area contributed by atoms with Crippen LogP contribution in [0.2, 0.25) is 0 Å². The van der Waals surface area contributed by atoms with Gasteiger partial charge in [-0.1, -0.05) is 112 Å². The predicted molar refractivity (Wildman–Crippen MR) is 264 cm³/mol. The Labute approximate surface area is 403 Å². The number of hydrogen-bond acceptors (Lipinski definition) is 11. The molecule has 4 fully saturated rings. The topological polar surface area (TPSA) is 119 Å². The van der Waals surface area contributed by atoms with Gasteiger partial charge in [0.15, 0.2) is 12.6 Å². The van der Waals surface area contributed by atoms with Crippen molar-refractivity contribution < 1.29 is 47.5 Å². The normalized spacial score (nSPS) is 22.2. The molecule has 4 aliphatic rings. The lowest BCUT2D eigenvalue weighted by Gasteiger charge is -2.67. The highest BCUT2D eigenvalue weighted by Crippen LogP contribution is 2.72. The molecular weight excluding hydrogens is 835 g/mol. The quantitative estimate of drug-likeness (QED) is 0.0251. The van der Waals surface area contributed by atoms with E-state index in [9.17, 15) is 14.4 Å². The molecule has 2 unspecified atom stereocenters. The van der Waals surface area contributed by atoms with E-state index < -0.39 is 0 Å². The number of hydrogen-bond donors (Lipinski definition) is 0. The molecule has 0 heterocycles. The molecule has 0 saturated heterocycles. The van der Waals surface area contributed by atoms with Crippen molar-refractivity contribution >= 4 is 17.9 Å². The van der Waals surface area contributed by atoms with Crippen LogP contribution in [0, 0.1) is 22.2 Å². The summed E-state index contributed by atoms with van der Waals surface area (Å²) in [6.07, 6.45) is 29.3. The van der Waals surface area contributed by atoms with Crippen LogP contribution in [-0.4, -0.2) is 102 Å². The van der Waals surface area contributed by atoms with E-state index in [-0.39, 0.29) is 59.6 Å². The number of rotatable bonds is 44. The van der Waals surface area contributed by atoms with Crippen molar-refractivity contribution in [1.82, 2.24) is 4.90 Å². The van der Waals surface area contributed by atoms with Crippen molar-refractivity contribution in [2.45, 2.75) is 246 Å². The summed E-state index contributed by atoms with van der Waals surface area (Å²) in [5.41, 5.74) is 0.142. The number of esters is 3. The predicted octanol–water partition coefficient (Wildman–Crippen LogP) is 13.1. The van der Waals surface area contributed by atoms with Gasteiger partial charge in [0.1, 0.15) is 0 Å². The summed E-state index contributed by atoms with van der Waals surface area (Å²) >= 11 is 0. The third kappa shape index (κ3) is 24.2. The molecule has 0 aromatic rings. The molecule has 0 aromatic heterocycles. The summed E-state index contributed by atoms with van der Waals surface area (Å²) in [5.74, 6) is 0.0773. The Kier molecular flexibility index (Phi) is 30.6. The first-order chi connectivity index (χ1) is 32.0. The van der Waals surface area contributed by atoms with Crippen molar-refractivity contribution in [3.63, 3.8) is 0 Å². The standard InChI is InChI=1S/C55H101NO10/c1-7-12-16-20-34-63-51(64-35-21-17-13-8-2)28-26-49(58)61-39-31-54-42-47-41-53(44-54,30-38-60-48(57)25-24-33-56(6)11-5)45-55(43-47,46-54)32-40-62-50(59)27-29-52(65-36-22-18-14-9-3)66-37-23-19-15-10-4/h47,51-52H,7-46H2,1-6H3. The number of unbranched alkanes of at least 4 members (excludes halogenated alkanes) is 12. The van der Waals surface area contributed by atoms with E-state index in [2.05, 4.69) is 46.6 Å². The van der Waals surface area contributed by atoms with Gasteiger partial charge in [0.2, 0.25) is 0 Å². The van der Waals surface area contributed by atoms with Crippen molar-refractivity contribution in [2.75, 3.05) is 66.4 Å². The van der Waals surface area contributed by atoms with Crippen LogP contribution in [0.1, 0.15) is 234 Å². The van der Waals surface area contributed by atoms with Crippen LogP contribution in [0.3, 0.4) is 0 Å². The highest BCUT2D eigenvalue weighted by molar-refractivity contribution is 5.70. The zero-order valence-electron chi connectivity index (χ0n) is 43.5. The first-order valence-electron chi connectivity index (χ1n) is 27.6. The molecular formula is C55H101NO10. The van der Waals surface area contributed by atoms with Gasteiger partial charge in [0, 0.05) is 45.7 Å². The minimum absolute atomic E-state index is 0.0420. The Hall–Kier alpha value is -1.79. The second-order valence-corrected chi connectivity index (χ2v) is 21.1. The minimum Gasteiger partial charge on any atom is -0.466 e. The Balaban J connectivity index is 1.59. The van der Waals surface area contributed by atoms with E-state index in [1.165, 1.54) is 51.4 Å². The van der Waals surface area contributed by atoms with Crippen molar-refractivity contribution in [3.8, 4) is 0 Å². The van der Waals surface area contributed by atoms with E-state index >= 15 is 0 Å². The first-order valence-corrected chi connectivity index (χ1v) is 27.6. The van der Waals surface area contributed by atoms with Crippen LogP contribution in [-0.2, 0) is 47.5 Å². The molecule has 386 valence electrons. The maximum atomic E-state index is 13.3. The summed E-state index contributed by atoms with van der Waals surface area (Å²) in [5, 5.41) is 0. The van der Waals surface area contributed by atoms with E-state index in [1.807, 2.05) is 0 Å². The van der Waals surface area contributed by atoms with Gasteiger partial charge in [0.25, 0.3) is 0 Å². The van der Waals surface area contributed by atoms with Crippen LogP contribution in [0.5, 0.6) is 0 Å². The fourth-order valence-electron chi connectivity index (χ4n) is 11.8. The highest BCUT2D eigenvalue weighted by atomic mass is 16.7. The number of carbonyl (C=O) groups excluding carboxylic acids is 3. The average molecular weight is 936 g/mol. The number of ether oxygens (including phenoxy) is 7. The molecule has 66 heavy (non-hydrogen) atoms. The van der Waals surface area contributed by atoms with Gasteiger partial charge in [-0.05, 0) is 132 Å². The Bertz CT molecular complexity index is 1180. The van der Waals surface area contributed by atoms with Gasteiger partial charge < -0.3 is 38.1 Å². The lowest BCUT2D eigenvalue weighted by Crippen LogP contribution is -2.57. The molecule has 4 saturated carbocycles. The molecule has 0 aromatic carbocycles. The third-order valence-corrected chi connectivity index (χ3v) is 14.9. The lowest BCUT2D eigenvalue weighted by molar-refractivity contribution is -0.183. The second-order valence-electron chi connectivity index (χ2n) is 21.1. The molecule has 2 atom stereocenters. The molecule has 4 rings (SSSR count). The maximum absolute atomic E-state index is 13.3. The zero-order valence-corrected chi connectivity index (χ0v) is 43.5. The summed E-state index contributed by atoms with van der Waals surface area (Å²) in [6.45, 7) is 16.7. The van der Waals surface area contributed by atoms with Gasteiger partial charge in [-0.3, -0.25) is 14.4 Å². The molecule has 11 nitrogen and oxygen atoms in total. The molecule has 4 bridgehead atoms. The van der Waals surface area contributed by atoms with Crippen molar-refractivity contribution in [3.05, 3.63) is 0 Å². The highest BCUT2D eigenvalue weighted by Gasteiger charge is 2.62. The van der Waals surface area contributed by atoms with Crippen LogP contribution >= 0.6 is 0 Å². The lowest BCUT2D eigenvalue weighted by atomic mass is 9.38. The summed E-state index contributed by atoms with van der Waals surface area (Å²) < 4.78 is 42.5. The van der Waals surface area contributed by atoms with Gasteiger partial charge in [-0.25, -0.2) is 0 Å². The zero-order chi connectivity index (χ0) is 47.8. The third-order valence-electron chi connectivity index (χ3n) is 14.9. The largest absolute Gasteiger partial charge is 0.466 e. The fraction of sp³-hybridized carbons (Fsp3) is 0.945. The minimum atomic E-state index is -0.381. The molecule has 11 heteroatoms. The van der Waals surface area contributed by atoms with Crippen LogP contribution < -0.4 is 0 Å². The molecule has 0 radical (unpaired) electrons. The maximum Gasteiger partial charge on any atom is 0.305 e. The fourth-order valence-corrected chi connectivity index (χ4v) is 11.8. The Morgan fingerprint density at radius 2 is 0.788 bits per heavy atom. The monoisotopic (exact) mass is 936 g/mol. The summed E-state index contributed by atoms with van der Waals surface area (Å²) in [6, 6.07) is 0. The van der Waals surface area contributed by atoms with Crippen LogP contribution in [0.4, 0.5) is 0 Å². The van der Waals surface area contributed by atoms with E-state index in [0.717, 1.165) is 129 Å². The van der Waals surface area contributed by atoms with Crippen molar-refractivity contribution in [2.24, 2.45) is 22.2 Å². The first kappa shape index (κ1) is 58.5. The molecule has 0 spiro atoms. The van der Waals surface area contributed by atoms with E-state index in [0.29, 0.717) is 71.4 Å². The van der Waals surface area contributed by atoms with Gasteiger partial charge in [0.05, 0.1) is 32.7 Å². The van der Waals surface area contributed by atoms with E-state index in [4.69, 9.17) is 33.2 Å². The molecule has 4 aliphatic carbocycles. The van der Waals surface area contributed by atoms with Crippen molar-refractivity contribution in [1.29, 1.82) is 0 Å². The molecule has 0 aliphatic heterocycles. The van der Waals surface area contributed by atoms with Crippen LogP contribution in [0.15, 0.2) is 0 Å². The summed E-state index contributed by atoms with van der Waals surface area (Å²) in [7, 11) is 2.08. The second kappa shape index (κ2) is 34.5. The van der Waals surface area contributed by atoms with Crippen LogP contribution in [0.25, 0.3) is 0 Å². The number of carbonyl (C=O) groups is 3. The van der Waals surface area contributed by atoms with Gasteiger partial charge in [-0.2, -0.15) is 0 Å². The van der Waals surface area contributed by atoms with Gasteiger partial charge >= 0.3 is 17.9 Å². The van der Waals surface area contributed by atoms with E-state index in [1.54, 1.807) is 0 Å². The average Bonchev–Trinajstić information content (AvgIpc) is 3.28. The Morgan fingerprint density at radius 3 is 1.11 bits per heavy atom. The SMILES string of the molecule is CCCCCCOC(CCC(=O)OCCC12CC3CC(CCOC(=O)CCCN(C)CC)(C1)CC(CCOC(=O)CCC(OCCCCCC)OCCCCCC)(C3)C2)OCCCCCC. The Morgan fingerprint density at radius 1 is 0.455 bits per heavy atom. The summed E-state index contributed by atoms with van der Waals surface area (Å²) in [4.78, 5) is 41.5. The number of nitrogens with zero attached hydrogens (tertiary/aromatic N) is 1. The van der Waals surface area contributed by atoms with Gasteiger partial charge in [-0.15, -0.1) is 0 Å². The smallest absolute Gasteiger partial charge is 0.305 e.